The average Bonchev–Trinajstić information content (AvgIpc) is 2.87. The minimum Gasteiger partial charge on any atom is -0.393 e. The highest BCUT2D eigenvalue weighted by molar-refractivity contribution is 4.93. The summed E-state index contributed by atoms with van der Waals surface area (Å²) < 4.78 is 6.09. The second kappa shape index (κ2) is 7.08. The van der Waals surface area contributed by atoms with Gasteiger partial charge in [-0.2, -0.15) is 0 Å². The lowest BCUT2D eigenvalue weighted by Gasteiger charge is -2.41. The van der Waals surface area contributed by atoms with Crippen LogP contribution in [0.1, 0.15) is 78.1 Å². The first-order valence-electron chi connectivity index (χ1n) is 8.53. The van der Waals surface area contributed by atoms with Gasteiger partial charge in [-0.15, -0.1) is 0 Å². The van der Waals surface area contributed by atoms with Crippen LogP contribution in [0, 0.1) is 11.8 Å². The van der Waals surface area contributed by atoms with E-state index in [9.17, 15) is 5.11 Å². The van der Waals surface area contributed by atoms with Crippen molar-refractivity contribution in [1.82, 2.24) is 0 Å². The molecule has 1 heterocycles. The Morgan fingerprint density at radius 2 is 2.00 bits per heavy atom. The fourth-order valence-electron chi connectivity index (χ4n) is 4.19. The molecule has 1 aliphatic carbocycles. The molecule has 1 aliphatic heterocycles. The normalized spacial score (nSPS) is 29.5. The van der Waals surface area contributed by atoms with E-state index in [1.54, 1.807) is 0 Å². The number of ether oxygens (including phenoxy) is 1. The molecule has 1 spiro atoms. The van der Waals surface area contributed by atoms with Crippen molar-refractivity contribution in [2.75, 3.05) is 6.61 Å². The first-order valence-corrected chi connectivity index (χ1v) is 8.53. The summed E-state index contributed by atoms with van der Waals surface area (Å²) in [6.45, 7) is 5.33. The number of aliphatic hydroxyl groups excluding tert-OH is 1. The van der Waals surface area contributed by atoms with Gasteiger partial charge in [0.15, 0.2) is 0 Å². The molecule has 1 saturated carbocycles. The molecule has 2 fully saturated rings. The first-order chi connectivity index (χ1) is 9.21. The minimum absolute atomic E-state index is 0.0991. The summed E-state index contributed by atoms with van der Waals surface area (Å²) in [5, 5.41) is 10.7. The van der Waals surface area contributed by atoms with E-state index in [0.717, 1.165) is 25.9 Å². The van der Waals surface area contributed by atoms with E-state index in [1.165, 1.54) is 44.9 Å². The van der Waals surface area contributed by atoms with Crippen LogP contribution in [0.15, 0.2) is 0 Å². The van der Waals surface area contributed by atoms with Crippen molar-refractivity contribution >= 4 is 0 Å². The predicted octanol–water partition coefficient (Wildman–Crippen LogP) is 4.30. The van der Waals surface area contributed by atoms with Gasteiger partial charge in [0, 0.05) is 6.61 Å². The lowest BCUT2D eigenvalue weighted by atomic mass is 9.76. The third kappa shape index (κ3) is 3.72. The SMILES string of the molecule is CCCCC(CC)C(O)C1CCOC2(CCCC2)C1. The van der Waals surface area contributed by atoms with Crippen molar-refractivity contribution in [2.24, 2.45) is 11.8 Å². The molecule has 1 N–H and O–H groups in total. The Hall–Kier alpha value is -0.0800. The highest BCUT2D eigenvalue weighted by atomic mass is 16.5. The van der Waals surface area contributed by atoms with Crippen LogP contribution >= 0.6 is 0 Å². The topological polar surface area (TPSA) is 29.5 Å². The molecule has 2 nitrogen and oxygen atoms in total. The van der Waals surface area contributed by atoms with Crippen LogP contribution in [-0.2, 0) is 4.74 Å². The standard InChI is InChI=1S/C17H32O2/c1-3-5-8-14(4-2)16(18)15-9-12-19-17(13-15)10-6-7-11-17/h14-16,18H,3-13H2,1-2H3. The minimum atomic E-state index is -0.0991. The average molecular weight is 268 g/mol. The van der Waals surface area contributed by atoms with Crippen molar-refractivity contribution in [3.63, 3.8) is 0 Å². The van der Waals surface area contributed by atoms with E-state index in [4.69, 9.17) is 4.74 Å². The Kier molecular flexibility index (Phi) is 5.70. The van der Waals surface area contributed by atoms with Gasteiger partial charge < -0.3 is 9.84 Å². The van der Waals surface area contributed by atoms with Crippen LogP contribution in [0.2, 0.25) is 0 Å². The molecule has 0 bridgehead atoms. The number of unbranched alkanes of at least 4 members (excludes halogenated alkanes) is 1. The van der Waals surface area contributed by atoms with Crippen LogP contribution < -0.4 is 0 Å². The second-order valence-corrected chi connectivity index (χ2v) is 6.79. The van der Waals surface area contributed by atoms with Crippen LogP contribution in [0.25, 0.3) is 0 Å². The summed E-state index contributed by atoms with van der Waals surface area (Å²) in [5.74, 6) is 0.982. The molecule has 3 atom stereocenters. The quantitative estimate of drug-likeness (QED) is 0.778. The number of rotatable bonds is 6. The summed E-state index contributed by atoms with van der Waals surface area (Å²) in [5.41, 5.74) is 0.146. The van der Waals surface area contributed by atoms with Gasteiger partial charge in [-0.25, -0.2) is 0 Å². The largest absolute Gasteiger partial charge is 0.393 e. The molecule has 1 saturated heterocycles. The Bertz CT molecular complexity index is 258. The smallest absolute Gasteiger partial charge is 0.0686 e. The number of hydrogen-bond acceptors (Lipinski definition) is 2. The van der Waals surface area contributed by atoms with E-state index < -0.39 is 0 Å². The summed E-state index contributed by atoms with van der Waals surface area (Å²) in [7, 11) is 0. The molecule has 19 heavy (non-hydrogen) atoms. The van der Waals surface area contributed by atoms with Gasteiger partial charge in [0.25, 0.3) is 0 Å². The Morgan fingerprint density at radius 3 is 2.63 bits per heavy atom. The molecule has 3 unspecified atom stereocenters. The molecule has 0 amide bonds. The fraction of sp³-hybridized carbons (Fsp3) is 1.00. The molecule has 0 aromatic rings. The summed E-state index contributed by atoms with van der Waals surface area (Å²) in [6.07, 6.45) is 11.9. The van der Waals surface area contributed by atoms with Gasteiger partial charge in [0.05, 0.1) is 11.7 Å². The molecule has 0 aromatic carbocycles. The molecule has 112 valence electrons. The maximum atomic E-state index is 10.7. The van der Waals surface area contributed by atoms with Gasteiger partial charge in [-0.3, -0.25) is 0 Å². The fourth-order valence-corrected chi connectivity index (χ4v) is 4.19. The zero-order valence-corrected chi connectivity index (χ0v) is 12.9. The lowest BCUT2D eigenvalue weighted by Crippen LogP contribution is -2.43. The van der Waals surface area contributed by atoms with Crippen LogP contribution in [0.5, 0.6) is 0 Å². The van der Waals surface area contributed by atoms with Crippen molar-refractivity contribution < 1.29 is 9.84 Å². The van der Waals surface area contributed by atoms with Crippen molar-refractivity contribution in [3.05, 3.63) is 0 Å². The summed E-state index contributed by atoms with van der Waals surface area (Å²) >= 11 is 0. The van der Waals surface area contributed by atoms with E-state index in [1.807, 2.05) is 0 Å². The third-order valence-corrected chi connectivity index (χ3v) is 5.46. The van der Waals surface area contributed by atoms with Crippen molar-refractivity contribution in [1.29, 1.82) is 0 Å². The Balaban J connectivity index is 1.91. The van der Waals surface area contributed by atoms with Gasteiger partial charge in [-0.05, 0) is 43.9 Å². The molecule has 2 heteroatoms. The number of aliphatic hydroxyl groups is 1. The third-order valence-electron chi connectivity index (χ3n) is 5.46. The van der Waals surface area contributed by atoms with Crippen LogP contribution in [0.4, 0.5) is 0 Å². The Morgan fingerprint density at radius 1 is 1.26 bits per heavy atom. The number of hydrogen-bond donors (Lipinski definition) is 1. The van der Waals surface area contributed by atoms with E-state index in [-0.39, 0.29) is 11.7 Å². The summed E-state index contributed by atoms with van der Waals surface area (Å²) in [4.78, 5) is 0. The van der Waals surface area contributed by atoms with Crippen molar-refractivity contribution in [2.45, 2.75) is 89.8 Å². The predicted molar refractivity (Wildman–Crippen MR) is 79.2 cm³/mol. The first kappa shape index (κ1) is 15.3. The van der Waals surface area contributed by atoms with Crippen LogP contribution in [-0.4, -0.2) is 23.4 Å². The van der Waals surface area contributed by atoms with E-state index in [2.05, 4.69) is 13.8 Å². The molecular formula is C17H32O2. The maximum Gasteiger partial charge on any atom is 0.0686 e. The van der Waals surface area contributed by atoms with Gasteiger partial charge in [0.1, 0.15) is 0 Å². The zero-order chi connectivity index (χ0) is 13.7. The highest BCUT2D eigenvalue weighted by Crippen LogP contribution is 2.44. The highest BCUT2D eigenvalue weighted by Gasteiger charge is 2.42. The van der Waals surface area contributed by atoms with Crippen molar-refractivity contribution in [3.8, 4) is 0 Å². The zero-order valence-electron chi connectivity index (χ0n) is 12.9. The Labute approximate surface area is 118 Å². The molecule has 0 aromatic heterocycles. The van der Waals surface area contributed by atoms with E-state index >= 15 is 0 Å². The molecule has 2 aliphatic rings. The lowest BCUT2D eigenvalue weighted by molar-refractivity contribution is -0.120. The monoisotopic (exact) mass is 268 g/mol. The molecular weight excluding hydrogens is 236 g/mol. The van der Waals surface area contributed by atoms with Gasteiger partial charge in [0.2, 0.25) is 0 Å². The van der Waals surface area contributed by atoms with Gasteiger partial charge in [-0.1, -0.05) is 46.0 Å². The van der Waals surface area contributed by atoms with E-state index in [0.29, 0.717) is 11.8 Å². The maximum absolute atomic E-state index is 10.7. The molecule has 0 radical (unpaired) electrons. The van der Waals surface area contributed by atoms with Gasteiger partial charge >= 0.3 is 0 Å². The summed E-state index contributed by atoms with van der Waals surface area (Å²) in [6, 6.07) is 0. The van der Waals surface area contributed by atoms with Crippen LogP contribution in [0.3, 0.4) is 0 Å². The second-order valence-electron chi connectivity index (χ2n) is 6.79. The molecule has 2 rings (SSSR count).